The van der Waals surface area contributed by atoms with Gasteiger partial charge in [0.1, 0.15) is 0 Å². The SMILES string of the molecule is OC[CH-]Cc1ccccc1.[Pd]. The first-order valence-corrected chi connectivity index (χ1v) is 3.40. The van der Waals surface area contributed by atoms with Crippen LogP contribution in [0.1, 0.15) is 5.56 Å². The standard InChI is InChI=1S/C9H11O.Pd/c10-8-4-7-9-5-2-1-3-6-9;/h1-6,10H,7-8H2;/q-1;. The van der Waals surface area contributed by atoms with Crippen LogP contribution in [-0.4, -0.2) is 11.7 Å². The predicted molar refractivity (Wildman–Crippen MR) is 41.5 cm³/mol. The van der Waals surface area contributed by atoms with E-state index in [1.165, 1.54) is 5.56 Å². The van der Waals surface area contributed by atoms with Crippen LogP contribution < -0.4 is 0 Å². The van der Waals surface area contributed by atoms with E-state index in [1.807, 2.05) is 36.8 Å². The van der Waals surface area contributed by atoms with Crippen LogP contribution in [0.4, 0.5) is 0 Å². The molecular weight excluding hydrogens is 231 g/mol. The van der Waals surface area contributed by atoms with Crippen LogP contribution in [0.15, 0.2) is 30.3 Å². The number of rotatable bonds is 3. The van der Waals surface area contributed by atoms with E-state index in [9.17, 15) is 0 Å². The van der Waals surface area contributed by atoms with Gasteiger partial charge < -0.3 is 5.11 Å². The Balaban J connectivity index is 0.000001000. The first kappa shape index (κ1) is 10.8. The van der Waals surface area contributed by atoms with Gasteiger partial charge >= 0.3 is 0 Å². The molecule has 1 rings (SSSR count). The average Bonchev–Trinajstić information content (AvgIpc) is 2.03. The van der Waals surface area contributed by atoms with E-state index in [0.29, 0.717) is 0 Å². The molecule has 0 aliphatic rings. The monoisotopic (exact) mass is 241 g/mol. The third-order valence-corrected chi connectivity index (χ3v) is 1.35. The van der Waals surface area contributed by atoms with Gasteiger partial charge in [-0.1, -0.05) is 42.5 Å². The fraction of sp³-hybridized carbons (Fsp3) is 0.222. The van der Waals surface area contributed by atoms with Crippen LogP contribution in [0.25, 0.3) is 0 Å². The molecular formula is C9H11OPd-. The zero-order valence-corrected chi connectivity index (χ0v) is 7.70. The normalized spacial score (nSPS) is 8.82. The summed E-state index contributed by atoms with van der Waals surface area (Å²) in [6.45, 7) is 0.162. The summed E-state index contributed by atoms with van der Waals surface area (Å²) in [5.74, 6) is 0. The van der Waals surface area contributed by atoms with E-state index in [1.54, 1.807) is 0 Å². The van der Waals surface area contributed by atoms with Gasteiger partial charge in [-0.05, 0) is 0 Å². The number of benzene rings is 1. The van der Waals surface area contributed by atoms with Crippen molar-refractivity contribution in [2.24, 2.45) is 0 Å². The largest absolute Gasteiger partial charge is 0.428 e. The molecule has 64 valence electrons. The Bertz CT molecular complexity index is 174. The first-order chi connectivity index (χ1) is 4.93. The van der Waals surface area contributed by atoms with Crippen LogP contribution in [0.2, 0.25) is 0 Å². The molecule has 0 unspecified atom stereocenters. The van der Waals surface area contributed by atoms with Gasteiger partial charge in [0, 0.05) is 20.4 Å². The van der Waals surface area contributed by atoms with Crippen molar-refractivity contribution in [1.82, 2.24) is 0 Å². The summed E-state index contributed by atoms with van der Waals surface area (Å²) in [5, 5.41) is 8.47. The summed E-state index contributed by atoms with van der Waals surface area (Å²) >= 11 is 0. The summed E-state index contributed by atoms with van der Waals surface area (Å²) in [6, 6.07) is 10.1. The van der Waals surface area contributed by atoms with Crippen molar-refractivity contribution in [3.8, 4) is 0 Å². The van der Waals surface area contributed by atoms with Gasteiger partial charge in [-0.25, -0.2) is 0 Å². The Morgan fingerprint density at radius 2 is 1.82 bits per heavy atom. The van der Waals surface area contributed by atoms with Crippen molar-refractivity contribution < 1.29 is 25.5 Å². The van der Waals surface area contributed by atoms with Crippen molar-refractivity contribution in [2.45, 2.75) is 6.42 Å². The molecule has 11 heavy (non-hydrogen) atoms. The molecule has 1 N–H and O–H groups in total. The fourth-order valence-electron chi connectivity index (χ4n) is 0.845. The summed E-state index contributed by atoms with van der Waals surface area (Å²) in [7, 11) is 0. The number of hydrogen-bond acceptors (Lipinski definition) is 1. The summed E-state index contributed by atoms with van der Waals surface area (Å²) < 4.78 is 0. The molecule has 0 aromatic heterocycles. The van der Waals surface area contributed by atoms with E-state index in [4.69, 9.17) is 5.11 Å². The topological polar surface area (TPSA) is 20.2 Å². The molecule has 0 amide bonds. The van der Waals surface area contributed by atoms with E-state index in [2.05, 4.69) is 0 Å². The average molecular weight is 242 g/mol. The maximum absolute atomic E-state index is 8.47. The summed E-state index contributed by atoms with van der Waals surface area (Å²) in [5.41, 5.74) is 1.25. The molecule has 1 nitrogen and oxygen atoms in total. The third-order valence-electron chi connectivity index (χ3n) is 1.35. The molecule has 0 saturated heterocycles. The predicted octanol–water partition coefficient (Wildman–Crippen LogP) is 1.42. The zero-order chi connectivity index (χ0) is 7.23. The number of aliphatic hydroxyl groups is 1. The van der Waals surface area contributed by atoms with Gasteiger partial charge in [0.25, 0.3) is 0 Å². The van der Waals surface area contributed by atoms with Gasteiger partial charge in [0.05, 0.1) is 0 Å². The maximum Gasteiger partial charge on any atom is 0 e. The molecule has 2 heteroatoms. The maximum atomic E-state index is 8.47. The molecule has 0 atom stereocenters. The molecule has 0 radical (unpaired) electrons. The van der Waals surface area contributed by atoms with Gasteiger partial charge in [-0.3, -0.25) is 6.42 Å². The third kappa shape index (κ3) is 4.32. The van der Waals surface area contributed by atoms with Crippen molar-refractivity contribution in [2.75, 3.05) is 6.61 Å². The molecule has 0 aliphatic heterocycles. The molecule has 0 spiro atoms. The minimum atomic E-state index is 0. The van der Waals surface area contributed by atoms with Crippen molar-refractivity contribution >= 4 is 0 Å². The molecule has 0 bridgehead atoms. The van der Waals surface area contributed by atoms with Crippen LogP contribution in [0.3, 0.4) is 0 Å². The second kappa shape index (κ2) is 6.55. The minimum Gasteiger partial charge on any atom is -0.428 e. The minimum absolute atomic E-state index is 0. The molecule has 0 saturated carbocycles. The Hall–Kier alpha value is -0.158. The fourth-order valence-corrected chi connectivity index (χ4v) is 0.845. The van der Waals surface area contributed by atoms with Crippen LogP contribution in [-0.2, 0) is 26.8 Å². The second-order valence-corrected chi connectivity index (χ2v) is 2.16. The smallest absolute Gasteiger partial charge is 0 e. The van der Waals surface area contributed by atoms with E-state index < -0.39 is 0 Å². The Kier molecular flexibility index (Phi) is 6.45. The Labute approximate surface area is 81.1 Å². The zero-order valence-electron chi connectivity index (χ0n) is 6.14. The molecule has 1 aromatic rings. The van der Waals surface area contributed by atoms with Crippen molar-refractivity contribution in [3.05, 3.63) is 42.3 Å². The van der Waals surface area contributed by atoms with Gasteiger partial charge in [-0.15, -0.1) is 0 Å². The second-order valence-electron chi connectivity index (χ2n) is 2.16. The summed E-state index contributed by atoms with van der Waals surface area (Å²) in [6.07, 6.45) is 2.70. The van der Waals surface area contributed by atoms with Crippen LogP contribution in [0.5, 0.6) is 0 Å². The van der Waals surface area contributed by atoms with E-state index in [-0.39, 0.29) is 27.0 Å². The molecule has 0 heterocycles. The first-order valence-electron chi connectivity index (χ1n) is 3.40. The quantitative estimate of drug-likeness (QED) is 0.627. The van der Waals surface area contributed by atoms with Crippen LogP contribution >= 0.6 is 0 Å². The van der Waals surface area contributed by atoms with Crippen molar-refractivity contribution in [1.29, 1.82) is 0 Å². The number of aliphatic hydroxyl groups excluding tert-OH is 1. The van der Waals surface area contributed by atoms with Crippen molar-refractivity contribution in [3.63, 3.8) is 0 Å². The molecule has 0 aliphatic carbocycles. The number of hydrogen-bond donors (Lipinski definition) is 1. The Morgan fingerprint density at radius 1 is 1.18 bits per heavy atom. The van der Waals surface area contributed by atoms with Gasteiger partial charge in [0.2, 0.25) is 0 Å². The molecule has 1 aromatic carbocycles. The summed E-state index contributed by atoms with van der Waals surface area (Å²) in [4.78, 5) is 0. The Morgan fingerprint density at radius 3 is 2.36 bits per heavy atom. The van der Waals surface area contributed by atoms with Crippen LogP contribution in [0, 0.1) is 6.42 Å². The molecule has 0 fully saturated rings. The van der Waals surface area contributed by atoms with E-state index in [0.717, 1.165) is 6.42 Å². The van der Waals surface area contributed by atoms with E-state index >= 15 is 0 Å². The van der Waals surface area contributed by atoms with Gasteiger partial charge in [-0.2, -0.15) is 6.42 Å². The van der Waals surface area contributed by atoms with Gasteiger partial charge in [0.15, 0.2) is 0 Å².